The van der Waals surface area contributed by atoms with Gasteiger partial charge in [-0.25, -0.2) is 0 Å². The molecule has 2 N–H and O–H groups in total. The third-order valence-electron chi connectivity index (χ3n) is 7.65. The van der Waals surface area contributed by atoms with Gasteiger partial charge in [0, 0.05) is 29.2 Å². The number of allylic oxidation sites excluding steroid dienone is 1. The maximum atomic E-state index is 13.9. The van der Waals surface area contributed by atoms with Crippen molar-refractivity contribution < 1.29 is 19.0 Å². The number of Topliss-reactive ketones (excluding diaryl/α,β-unsaturated/α-hetero) is 1. The van der Waals surface area contributed by atoms with Gasteiger partial charge >= 0.3 is 0 Å². The molecule has 2 aliphatic rings. The SMILES string of the molecule is COc1ccc(OC)c(C2CC(=O)C3=C(C2)Nc2ccccc2NC3c2ccc(OCc3ccccc3)cc2)c1. The lowest BCUT2D eigenvalue weighted by Crippen LogP contribution is -2.27. The van der Waals surface area contributed by atoms with E-state index in [4.69, 9.17) is 14.2 Å². The number of rotatable bonds is 7. The van der Waals surface area contributed by atoms with Gasteiger partial charge in [-0.15, -0.1) is 0 Å². The zero-order chi connectivity index (χ0) is 27.5. The number of nitrogens with one attached hydrogen (secondary N) is 2. The number of para-hydroxylation sites is 2. The van der Waals surface area contributed by atoms with Crippen LogP contribution >= 0.6 is 0 Å². The first kappa shape index (κ1) is 25.6. The Labute approximate surface area is 234 Å². The summed E-state index contributed by atoms with van der Waals surface area (Å²) in [5, 5.41) is 7.26. The van der Waals surface area contributed by atoms with Crippen LogP contribution in [0.3, 0.4) is 0 Å². The lowest BCUT2D eigenvalue weighted by molar-refractivity contribution is -0.116. The highest BCUT2D eigenvalue weighted by Gasteiger charge is 2.37. The van der Waals surface area contributed by atoms with Crippen LogP contribution in [-0.4, -0.2) is 20.0 Å². The van der Waals surface area contributed by atoms with Gasteiger partial charge in [0.2, 0.25) is 0 Å². The number of ketones is 1. The zero-order valence-corrected chi connectivity index (χ0v) is 22.6. The Hall–Kier alpha value is -4.71. The molecule has 1 aliphatic heterocycles. The molecular formula is C34H32N2O4. The molecule has 0 fully saturated rings. The van der Waals surface area contributed by atoms with Crippen LogP contribution in [0.5, 0.6) is 17.2 Å². The Morgan fingerprint density at radius 2 is 1.50 bits per heavy atom. The van der Waals surface area contributed by atoms with Crippen molar-refractivity contribution in [2.75, 3.05) is 24.9 Å². The second-order valence-electron chi connectivity index (χ2n) is 10.1. The van der Waals surface area contributed by atoms with E-state index in [1.165, 1.54) is 0 Å². The first-order valence-electron chi connectivity index (χ1n) is 13.5. The minimum Gasteiger partial charge on any atom is -0.497 e. The highest BCUT2D eigenvalue weighted by atomic mass is 16.5. The first-order chi connectivity index (χ1) is 19.6. The quantitative estimate of drug-likeness (QED) is 0.261. The molecule has 6 rings (SSSR count). The van der Waals surface area contributed by atoms with Crippen LogP contribution in [0.25, 0.3) is 0 Å². The van der Waals surface area contributed by atoms with Gasteiger partial charge in [-0.1, -0.05) is 54.6 Å². The van der Waals surface area contributed by atoms with Crippen LogP contribution in [0.15, 0.2) is 108 Å². The summed E-state index contributed by atoms with van der Waals surface area (Å²) < 4.78 is 17.2. The molecule has 0 saturated carbocycles. The summed E-state index contributed by atoms with van der Waals surface area (Å²) in [7, 11) is 3.31. The van der Waals surface area contributed by atoms with E-state index in [0.29, 0.717) is 19.4 Å². The molecule has 0 spiro atoms. The van der Waals surface area contributed by atoms with Gasteiger partial charge in [0.25, 0.3) is 0 Å². The molecule has 4 aromatic rings. The molecule has 1 aliphatic carbocycles. The molecule has 202 valence electrons. The summed E-state index contributed by atoms with van der Waals surface area (Å²) in [5.74, 6) is 2.37. The molecule has 0 saturated heterocycles. The summed E-state index contributed by atoms with van der Waals surface area (Å²) in [6.45, 7) is 0.502. The number of benzene rings is 4. The molecule has 1 heterocycles. The number of fused-ring (bicyclic) bond motifs is 1. The van der Waals surface area contributed by atoms with Gasteiger partial charge in [0.15, 0.2) is 5.78 Å². The monoisotopic (exact) mass is 532 g/mol. The van der Waals surface area contributed by atoms with Crippen LogP contribution in [0.1, 0.15) is 41.5 Å². The predicted octanol–water partition coefficient (Wildman–Crippen LogP) is 7.26. The second-order valence-corrected chi connectivity index (χ2v) is 10.1. The highest BCUT2D eigenvalue weighted by molar-refractivity contribution is 6.01. The lowest BCUT2D eigenvalue weighted by atomic mass is 9.78. The molecule has 0 bridgehead atoms. The van der Waals surface area contributed by atoms with Crippen LogP contribution < -0.4 is 24.8 Å². The van der Waals surface area contributed by atoms with E-state index in [0.717, 1.165) is 56.6 Å². The third-order valence-corrected chi connectivity index (χ3v) is 7.65. The molecule has 0 radical (unpaired) electrons. The average molecular weight is 533 g/mol. The van der Waals surface area contributed by atoms with Gasteiger partial charge in [0.1, 0.15) is 23.9 Å². The van der Waals surface area contributed by atoms with Crippen molar-refractivity contribution in [1.29, 1.82) is 0 Å². The van der Waals surface area contributed by atoms with Gasteiger partial charge < -0.3 is 24.8 Å². The Balaban J connectivity index is 1.33. The predicted molar refractivity (Wildman–Crippen MR) is 157 cm³/mol. The summed E-state index contributed by atoms with van der Waals surface area (Å²) in [6.07, 6.45) is 1.06. The summed E-state index contributed by atoms with van der Waals surface area (Å²) in [4.78, 5) is 13.9. The van der Waals surface area contributed by atoms with Gasteiger partial charge in [0.05, 0.1) is 31.6 Å². The van der Waals surface area contributed by atoms with E-state index in [2.05, 4.69) is 10.6 Å². The number of hydrogen-bond donors (Lipinski definition) is 2. The van der Waals surface area contributed by atoms with E-state index < -0.39 is 0 Å². The molecule has 2 unspecified atom stereocenters. The molecule has 2 atom stereocenters. The van der Waals surface area contributed by atoms with Gasteiger partial charge in [-0.05, 0) is 60.0 Å². The van der Waals surface area contributed by atoms with E-state index in [-0.39, 0.29) is 17.7 Å². The largest absolute Gasteiger partial charge is 0.497 e. The molecule has 6 heteroatoms. The van der Waals surface area contributed by atoms with Crippen molar-refractivity contribution in [3.8, 4) is 17.2 Å². The molecule has 6 nitrogen and oxygen atoms in total. The normalized spacial score (nSPS) is 18.0. The van der Waals surface area contributed by atoms with Gasteiger partial charge in [-0.3, -0.25) is 4.79 Å². The Kier molecular flexibility index (Phi) is 7.15. The van der Waals surface area contributed by atoms with E-state index >= 15 is 0 Å². The highest BCUT2D eigenvalue weighted by Crippen LogP contribution is 2.46. The van der Waals surface area contributed by atoms with Crippen LogP contribution in [0, 0.1) is 0 Å². The Morgan fingerprint density at radius 1 is 0.775 bits per heavy atom. The Bertz CT molecular complexity index is 1550. The summed E-state index contributed by atoms with van der Waals surface area (Å²) in [6, 6.07) is 31.7. The first-order valence-corrected chi connectivity index (χ1v) is 13.5. The van der Waals surface area contributed by atoms with Gasteiger partial charge in [-0.2, -0.15) is 0 Å². The summed E-state index contributed by atoms with van der Waals surface area (Å²) >= 11 is 0. The number of carbonyl (C=O) groups is 1. The average Bonchev–Trinajstić information content (AvgIpc) is 3.17. The van der Waals surface area contributed by atoms with Crippen molar-refractivity contribution >= 4 is 17.2 Å². The van der Waals surface area contributed by atoms with Crippen molar-refractivity contribution in [3.05, 3.63) is 125 Å². The fraction of sp³-hybridized carbons (Fsp3) is 0.206. The third kappa shape index (κ3) is 5.13. The van der Waals surface area contributed by atoms with Crippen molar-refractivity contribution in [3.63, 3.8) is 0 Å². The minimum absolute atomic E-state index is 0.0384. The Morgan fingerprint density at radius 3 is 2.25 bits per heavy atom. The standard InChI is InChI=1S/C34H32N2O4/c1-38-26-16-17-32(39-2)27(20-26)24-18-30-33(31(37)19-24)34(36-29-11-7-6-10-28(29)35-30)23-12-14-25(15-13-23)40-21-22-8-4-3-5-9-22/h3-17,20,24,34-36H,18-19,21H2,1-2H3. The van der Waals surface area contributed by atoms with E-state index in [1.54, 1.807) is 14.2 Å². The molecule has 4 aromatic carbocycles. The van der Waals surface area contributed by atoms with Crippen LogP contribution in [-0.2, 0) is 11.4 Å². The zero-order valence-electron chi connectivity index (χ0n) is 22.6. The fourth-order valence-electron chi connectivity index (χ4n) is 5.62. The molecule has 0 aromatic heterocycles. The fourth-order valence-corrected chi connectivity index (χ4v) is 5.62. The second kappa shape index (κ2) is 11.2. The number of hydrogen-bond acceptors (Lipinski definition) is 6. The molecular weight excluding hydrogens is 500 g/mol. The lowest BCUT2D eigenvalue weighted by Gasteiger charge is -2.30. The van der Waals surface area contributed by atoms with Crippen molar-refractivity contribution in [2.45, 2.75) is 31.4 Å². The van der Waals surface area contributed by atoms with Crippen LogP contribution in [0.2, 0.25) is 0 Å². The topological polar surface area (TPSA) is 68.8 Å². The number of anilines is 2. The summed E-state index contributed by atoms with van der Waals surface area (Å²) in [5.41, 5.74) is 6.70. The van der Waals surface area contributed by atoms with Crippen LogP contribution in [0.4, 0.5) is 11.4 Å². The minimum atomic E-state index is -0.296. The maximum Gasteiger partial charge on any atom is 0.163 e. The van der Waals surface area contributed by atoms with E-state index in [9.17, 15) is 4.79 Å². The number of ether oxygens (including phenoxy) is 3. The smallest absolute Gasteiger partial charge is 0.163 e. The number of carbonyl (C=O) groups excluding carboxylic acids is 1. The number of methoxy groups -OCH3 is 2. The molecule has 0 amide bonds. The maximum absolute atomic E-state index is 13.9. The molecule has 40 heavy (non-hydrogen) atoms. The van der Waals surface area contributed by atoms with E-state index in [1.807, 2.05) is 97.1 Å². The van der Waals surface area contributed by atoms with Crippen molar-refractivity contribution in [1.82, 2.24) is 0 Å². The van der Waals surface area contributed by atoms with Crippen molar-refractivity contribution in [2.24, 2.45) is 0 Å².